The van der Waals surface area contributed by atoms with Crippen LogP contribution in [0.1, 0.15) is 40.0 Å². The third-order valence-corrected chi connectivity index (χ3v) is 2.66. The zero-order valence-electron chi connectivity index (χ0n) is 9.79. The molecule has 0 atom stereocenters. The first-order chi connectivity index (χ1) is 6.96. The number of aliphatic carboxylic acids is 1. The minimum atomic E-state index is -0.818. The molecule has 15 heavy (non-hydrogen) atoms. The van der Waals surface area contributed by atoms with E-state index >= 15 is 0 Å². The van der Waals surface area contributed by atoms with Gasteiger partial charge in [0.15, 0.2) is 0 Å². The van der Waals surface area contributed by atoms with Crippen molar-refractivity contribution in [1.82, 2.24) is 4.90 Å². The lowest BCUT2D eigenvalue weighted by atomic mass is 10.0. The summed E-state index contributed by atoms with van der Waals surface area (Å²) >= 11 is 0. The number of unbranched alkanes of at least 4 members (excludes halogenated alkanes) is 2. The predicted molar refractivity (Wildman–Crippen MR) is 58.4 cm³/mol. The molecule has 0 bridgehead atoms. The largest absolute Gasteiger partial charge is 0.480 e. The highest BCUT2D eigenvalue weighted by Crippen LogP contribution is 2.15. The minimum absolute atomic E-state index is 0.547. The van der Waals surface area contributed by atoms with Gasteiger partial charge in [0.05, 0.1) is 6.07 Å². The lowest BCUT2D eigenvalue weighted by Gasteiger charge is -2.34. The summed E-state index contributed by atoms with van der Waals surface area (Å²) < 4.78 is 0. The first kappa shape index (κ1) is 13.9. The summed E-state index contributed by atoms with van der Waals surface area (Å²) in [5.41, 5.74) is -0.818. The average Bonchev–Trinajstić information content (AvgIpc) is 2.17. The van der Waals surface area contributed by atoms with Crippen LogP contribution >= 0.6 is 0 Å². The van der Waals surface area contributed by atoms with E-state index in [1.165, 1.54) is 0 Å². The second kappa shape index (κ2) is 6.41. The van der Waals surface area contributed by atoms with Crippen LogP contribution in [-0.2, 0) is 4.79 Å². The van der Waals surface area contributed by atoms with Gasteiger partial charge in [-0.05, 0) is 39.8 Å². The number of carboxylic acid groups (broad SMARTS) is 1. The third kappa shape index (κ3) is 4.30. The standard InChI is InChI=1S/C11H20N2O2/c1-4-13(9-7-5-6-8-12)11(2,3)10(14)15/h4-7,9H2,1-3H3,(H,14,15). The second-order valence-corrected chi connectivity index (χ2v) is 4.06. The van der Waals surface area contributed by atoms with Gasteiger partial charge in [0.1, 0.15) is 5.54 Å². The summed E-state index contributed by atoms with van der Waals surface area (Å²) in [7, 11) is 0. The Bertz CT molecular complexity index is 243. The highest BCUT2D eigenvalue weighted by atomic mass is 16.4. The smallest absolute Gasteiger partial charge is 0.323 e. The van der Waals surface area contributed by atoms with Crippen LogP contribution in [0.3, 0.4) is 0 Å². The first-order valence-electron chi connectivity index (χ1n) is 5.32. The van der Waals surface area contributed by atoms with Gasteiger partial charge in [-0.25, -0.2) is 0 Å². The molecule has 0 aliphatic heterocycles. The van der Waals surface area contributed by atoms with Gasteiger partial charge >= 0.3 is 5.97 Å². The maximum absolute atomic E-state index is 11.0. The van der Waals surface area contributed by atoms with Gasteiger partial charge in [-0.2, -0.15) is 5.26 Å². The second-order valence-electron chi connectivity index (χ2n) is 4.06. The molecular weight excluding hydrogens is 192 g/mol. The molecule has 0 radical (unpaired) electrons. The summed E-state index contributed by atoms with van der Waals surface area (Å²) in [5.74, 6) is -0.801. The molecule has 4 nitrogen and oxygen atoms in total. The van der Waals surface area contributed by atoms with Crippen LogP contribution in [0.2, 0.25) is 0 Å². The van der Waals surface area contributed by atoms with Crippen molar-refractivity contribution in [1.29, 1.82) is 5.26 Å². The normalized spacial score (nSPS) is 11.4. The van der Waals surface area contributed by atoms with Crippen molar-refractivity contribution in [2.45, 2.75) is 45.6 Å². The van der Waals surface area contributed by atoms with E-state index < -0.39 is 11.5 Å². The SMILES string of the molecule is CCN(CCCCC#N)C(C)(C)C(=O)O. The molecule has 4 heteroatoms. The number of rotatable bonds is 7. The summed E-state index contributed by atoms with van der Waals surface area (Å²) in [6, 6.07) is 2.09. The molecule has 0 rings (SSSR count). The Balaban J connectivity index is 4.14. The summed E-state index contributed by atoms with van der Waals surface area (Å²) in [6.07, 6.45) is 2.26. The Hall–Kier alpha value is -1.08. The van der Waals surface area contributed by atoms with Crippen LogP contribution in [0, 0.1) is 11.3 Å². The van der Waals surface area contributed by atoms with Gasteiger partial charge in [0.2, 0.25) is 0 Å². The van der Waals surface area contributed by atoms with Gasteiger partial charge in [0, 0.05) is 6.42 Å². The fourth-order valence-electron chi connectivity index (χ4n) is 1.47. The number of likely N-dealkylation sites (N-methyl/N-ethyl adjacent to an activating group) is 1. The molecule has 0 aromatic rings. The molecule has 1 N–H and O–H groups in total. The van der Waals surface area contributed by atoms with Crippen LogP contribution in [-0.4, -0.2) is 34.6 Å². The van der Waals surface area contributed by atoms with E-state index in [2.05, 4.69) is 6.07 Å². The van der Waals surface area contributed by atoms with Gasteiger partial charge in [0.25, 0.3) is 0 Å². The number of carboxylic acids is 1. The Morgan fingerprint density at radius 1 is 1.47 bits per heavy atom. The Kier molecular flexibility index (Phi) is 5.95. The minimum Gasteiger partial charge on any atom is -0.480 e. The van der Waals surface area contributed by atoms with Crippen molar-refractivity contribution >= 4 is 5.97 Å². The van der Waals surface area contributed by atoms with E-state index in [-0.39, 0.29) is 0 Å². The number of hydrogen-bond donors (Lipinski definition) is 1. The van der Waals surface area contributed by atoms with E-state index in [0.717, 1.165) is 19.4 Å². The van der Waals surface area contributed by atoms with Crippen molar-refractivity contribution in [3.8, 4) is 6.07 Å². The van der Waals surface area contributed by atoms with Crippen LogP contribution in [0.15, 0.2) is 0 Å². The highest BCUT2D eigenvalue weighted by Gasteiger charge is 2.32. The van der Waals surface area contributed by atoms with Crippen LogP contribution in [0.5, 0.6) is 0 Å². The molecule has 0 saturated heterocycles. The Labute approximate surface area is 91.5 Å². The fourth-order valence-corrected chi connectivity index (χ4v) is 1.47. The Morgan fingerprint density at radius 2 is 2.07 bits per heavy atom. The topological polar surface area (TPSA) is 64.3 Å². The zero-order valence-corrected chi connectivity index (χ0v) is 9.79. The van der Waals surface area contributed by atoms with Crippen molar-refractivity contribution in [3.05, 3.63) is 0 Å². The molecule has 0 aliphatic carbocycles. The van der Waals surface area contributed by atoms with E-state index in [0.29, 0.717) is 13.0 Å². The molecule has 0 fully saturated rings. The summed E-state index contributed by atoms with van der Waals surface area (Å²) in [4.78, 5) is 12.9. The van der Waals surface area contributed by atoms with E-state index in [4.69, 9.17) is 10.4 Å². The molecule has 0 heterocycles. The van der Waals surface area contributed by atoms with Crippen LogP contribution in [0.25, 0.3) is 0 Å². The molecule has 0 aliphatic rings. The molecular formula is C11H20N2O2. The third-order valence-electron chi connectivity index (χ3n) is 2.66. The predicted octanol–water partition coefficient (Wildman–Crippen LogP) is 1.87. The van der Waals surface area contributed by atoms with Crippen molar-refractivity contribution in [2.75, 3.05) is 13.1 Å². The number of nitriles is 1. The van der Waals surface area contributed by atoms with Gasteiger partial charge in [-0.15, -0.1) is 0 Å². The van der Waals surface area contributed by atoms with Gasteiger partial charge in [-0.3, -0.25) is 9.69 Å². The fraction of sp³-hybridized carbons (Fsp3) is 0.818. The molecule has 0 saturated carbocycles. The van der Waals surface area contributed by atoms with E-state index in [1.54, 1.807) is 13.8 Å². The van der Waals surface area contributed by atoms with E-state index in [9.17, 15) is 4.79 Å². The summed E-state index contributed by atoms with van der Waals surface area (Å²) in [6.45, 7) is 6.82. The van der Waals surface area contributed by atoms with Gasteiger partial charge in [-0.1, -0.05) is 6.92 Å². The maximum atomic E-state index is 11.0. The van der Waals surface area contributed by atoms with E-state index in [1.807, 2.05) is 11.8 Å². The van der Waals surface area contributed by atoms with Crippen molar-refractivity contribution in [2.24, 2.45) is 0 Å². The zero-order chi connectivity index (χ0) is 11.9. The molecule has 0 spiro atoms. The maximum Gasteiger partial charge on any atom is 0.323 e. The number of hydrogen-bond acceptors (Lipinski definition) is 3. The number of carbonyl (C=O) groups is 1. The lowest BCUT2D eigenvalue weighted by molar-refractivity contribution is -0.149. The molecule has 86 valence electrons. The quantitative estimate of drug-likeness (QED) is 0.654. The Morgan fingerprint density at radius 3 is 2.47 bits per heavy atom. The first-order valence-corrected chi connectivity index (χ1v) is 5.32. The molecule has 0 aromatic heterocycles. The monoisotopic (exact) mass is 212 g/mol. The highest BCUT2D eigenvalue weighted by molar-refractivity contribution is 5.77. The number of nitrogens with zero attached hydrogens (tertiary/aromatic N) is 2. The van der Waals surface area contributed by atoms with Crippen molar-refractivity contribution in [3.63, 3.8) is 0 Å². The van der Waals surface area contributed by atoms with Crippen LogP contribution < -0.4 is 0 Å². The molecule has 0 aromatic carbocycles. The summed E-state index contributed by atoms with van der Waals surface area (Å²) in [5, 5.41) is 17.4. The molecule has 0 unspecified atom stereocenters. The van der Waals surface area contributed by atoms with Crippen molar-refractivity contribution < 1.29 is 9.90 Å². The average molecular weight is 212 g/mol. The van der Waals surface area contributed by atoms with Gasteiger partial charge < -0.3 is 5.11 Å². The van der Waals surface area contributed by atoms with Crippen LogP contribution in [0.4, 0.5) is 0 Å². The lowest BCUT2D eigenvalue weighted by Crippen LogP contribution is -2.50. The molecule has 0 amide bonds.